The van der Waals surface area contributed by atoms with E-state index in [-0.39, 0.29) is 23.7 Å². The number of carbonyl (C=O) groups is 4. The summed E-state index contributed by atoms with van der Waals surface area (Å²) in [5.41, 5.74) is 1.80. The molecule has 3 saturated heterocycles. The Morgan fingerprint density at radius 2 is 1.42 bits per heavy atom. The Kier molecular flexibility index (Phi) is 6.11. The summed E-state index contributed by atoms with van der Waals surface area (Å²) >= 11 is 0. The maximum atomic E-state index is 12.8. The molecule has 31 heavy (non-hydrogen) atoms. The van der Waals surface area contributed by atoms with Crippen LogP contribution in [-0.4, -0.2) is 66.5 Å². The van der Waals surface area contributed by atoms with E-state index in [4.69, 9.17) is 5.11 Å². The SMILES string of the molecule is O=C1CCN(c2ccc(N3CCC(C(=O)N4CCC(C(=O)O)CC4)CC3)cc2)C(=O)N1. The molecule has 9 nitrogen and oxygen atoms in total. The highest BCUT2D eigenvalue weighted by atomic mass is 16.4. The van der Waals surface area contributed by atoms with Crippen molar-refractivity contribution in [2.45, 2.75) is 32.1 Å². The molecule has 4 rings (SSSR count). The van der Waals surface area contributed by atoms with Gasteiger partial charge in [-0.1, -0.05) is 0 Å². The van der Waals surface area contributed by atoms with E-state index >= 15 is 0 Å². The molecular weight excluding hydrogens is 400 g/mol. The van der Waals surface area contributed by atoms with Crippen molar-refractivity contribution in [1.82, 2.24) is 10.2 Å². The van der Waals surface area contributed by atoms with Gasteiger partial charge in [-0.25, -0.2) is 4.79 Å². The number of amides is 4. The number of benzene rings is 1. The summed E-state index contributed by atoms with van der Waals surface area (Å²) < 4.78 is 0. The molecule has 3 aliphatic heterocycles. The lowest BCUT2D eigenvalue weighted by molar-refractivity contribution is -0.147. The molecule has 0 saturated carbocycles. The molecular formula is C22H28N4O5. The van der Waals surface area contributed by atoms with Gasteiger partial charge in [0.2, 0.25) is 11.8 Å². The molecule has 0 aromatic heterocycles. The number of piperidine rings is 2. The standard InChI is InChI=1S/C22H28N4O5/c27-19-9-14-26(22(31)23-19)18-3-1-17(2-4-18)24-10-5-15(6-11-24)20(28)25-12-7-16(8-13-25)21(29)30/h1-4,15-16H,5-14H2,(H,29,30)(H,23,27,31). The lowest BCUT2D eigenvalue weighted by atomic mass is 9.92. The van der Waals surface area contributed by atoms with Crippen molar-refractivity contribution in [3.05, 3.63) is 24.3 Å². The summed E-state index contributed by atoms with van der Waals surface area (Å²) in [5, 5.41) is 11.4. The second kappa shape index (κ2) is 8.95. The summed E-state index contributed by atoms with van der Waals surface area (Å²) in [6.07, 6.45) is 2.92. The van der Waals surface area contributed by atoms with Crippen LogP contribution in [0.3, 0.4) is 0 Å². The summed E-state index contributed by atoms with van der Waals surface area (Å²) in [6.45, 7) is 3.00. The molecule has 0 aliphatic carbocycles. The van der Waals surface area contributed by atoms with Crippen LogP contribution in [0.5, 0.6) is 0 Å². The second-order valence-electron chi connectivity index (χ2n) is 8.47. The highest BCUT2D eigenvalue weighted by molar-refractivity contribution is 6.05. The van der Waals surface area contributed by atoms with Crippen LogP contribution in [0, 0.1) is 11.8 Å². The third-order valence-electron chi connectivity index (χ3n) is 6.58. The average Bonchev–Trinajstić information content (AvgIpc) is 2.79. The average molecular weight is 428 g/mol. The normalized spacial score (nSPS) is 21.2. The van der Waals surface area contributed by atoms with E-state index in [2.05, 4.69) is 10.2 Å². The number of carboxylic acid groups (broad SMARTS) is 1. The largest absolute Gasteiger partial charge is 0.481 e. The number of imide groups is 1. The Labute approximate surface area is 181 Å². The van der Waals surface area contributed by atoms with Gasteiger partial charge in [-0.2, -0.15) is 0 Å². The number of carbonyl (C=O) groups excluding carboxylic acids is 3. The van der Waals surface area contributed by atoms with Crippen molar-refractivity contribution in [3.8, 4) is 0 Å². The number of nitrogens with one attached hydrogen (secondary N) is 1. The highest BCUT2D eigenvalue weighted by Crippen LogP contribution is 2.28. The molecule has 1 aromatic rings. The molecule has 0 bridgehead atoms. The van der Waals surface area contributed by atoms with Crippen molar-refractivity contribution in [3.63, 3.8) is 0 Å². The number of anilines is 2. The molecule has 0 unspecified atom stereocenters. The van der Waals surface area contributed by atoms with Gasteiger partial charge >= 0.3 is 12.0 Å². The molecule has 1 aromatic carbocycles. The van der Waals surface area contributed by atoms with Crippen LogP contribution in [0.4, 0.5) is 16.2 Å². The van der Waals surface area contributed by atoms with Crippen LogP contribution in [-0.2, 0) is 14.4 Å². The second-order valence-corrected chi connectivity index (χ2v) is 8.47. The van der Waals surface area contributed by atoms with Crippen molar-refractivity contribution in [1.29, 1.82) is 0 Å². The van der Waals surface area contributed by atoms with E-state index in [1.165, 1.54) is 0 Å². The van der Waals surface area contributed by atoms with Crippen LogP contribution >= 0.6 is 0 Å². The van der Waals surface area contributed by atoms with E-state index in [1.54, 1.807) is 4.90 Å². The number of nitrogens with zero attached hydrogens (tertiary/aromatic N) is 3. The van der Waals surface area contributed by atoms with Gasteiger partial charge < -0.3 is 14.9 Å². The van der Waals surface area contributed by atoms with E-state index in [9.17, 15) is 19.2 Å². The molecule has 3 heterocycles. The Balaban J connectivity index is 1.29. The molecule has 0 spiro atoms. The van der Waals surface area contributed by atoms with Gasteiger partial charge in [-0.3, -0.25) is 24.6 Å². The maximum absolute atomic E-state index is 12.8. The lowest BCUT2D eigenvalue weighted by Gasteiger charge is -2.37. The van der Waals surface area contributed by atoms with Gasteiger partial charge in [0.15, 0.2) is 0 Å². The molecule has 3 fully saturated rings. The zero-order chi connectivity index (χ0) is 22.0. The highest BCUT2D eigenvalue weighted by Gasteiger charge is 2.32. The molecule has 166 valence electrons. The quantitative estimate of drug-likeness (QED) is 0.755. The fraction of sp³-hybridized carbons (Fsp3) is 0.545. The third-order valence-corrected chi connectivity index (χ3v) is 6.58. The van der Waals surface area contributed by atoms with E-state index in [0.717, 1.165) is 37.3 Å². The molecule has 0 atom stereocenters. The number of aliphatic carboxylic acids is 1. The van der Waals surface area contributed by atoms with Gasteiger partial charge in [-0.15, -0.1) is 0 Å². The van der Waals surface area contributed by atoms with Crippen LogP contribution in [0.2, 0.25) is 0 Å². The molecule has 3 aliphatic rings. The van der Waals surface area contributed by atoms with Gasteiger partial charge in [0.05, 0.1) is 5.92 Å². The minimum Gasteiger partial charge on any atom is -0.481 e. The molecule has 0 radical (unpaired) electrons. The zero-order valence-electron chi connectivity index (χ0n) is 17.5. The predicted molar refractivity (Wildman–Crippen MR) is 114 cm³/mol. The van der Waals surface area contributed by atoms with Crippen molar-refractivity contribution in [2.75, 3.05) is 42.5 Å². The van der Waals surface area contributed by atoms with Crippen LogP contribution in [0.15, 0.2) is 24.3 Å². The first-order valence-electron chi connectivity index (χ1n) is 10.9. The van der Waals surface area contributed by atoms with Crippen LogP contribution in [0.1, 0.15) is 32.1 Å². The topological polar surface area (TPSA) is 110 Å². The first kappa shape index (κ1) is 21.1. The summed E-state index contributed by atoms with van der Waals surface area (Å²) in [7, 11) is 0. The number of urea groups is 1. The van der Waals surface area contributed by atoms with Crippen LogP contribution in [0.25, 0.3) is 0 Å². The Bertz CT molecular complexity index is 855. The summed E-state index contributed by atoms with van der Waals surface area (Å²) in [6, 6.07) is 7.31. The van der Waals surface area contributed by atoms with E-state index in [1.807, 2.05) is 29.2 Å². The van der Waals surface area contributed by atoms with Gasteiger partial charge in [0.25, 0.3) is 0 Å². The fourth-order valence-corrected chi connectivity index (χ4v) is 4.64. The van der Waals surface area contributed by atoms with Crippen molar-refractivity contribution >= 4 is 35.2 Å². The number of hydrogen-bond donors (Lipinski definition) is 2. The number of hydrogen-bond acceptors (Lipinski definition) is 5. The zero-order valence-corrected chi connectivity index (χ0v) is 17.5. The molecule has 9 heteroatoms. The number of carboxylic acids is 1. The van der Waals surface area contributed by atoms with E-state index < -0.39 is 12.0 Å². The number of rotatable bonds is 4. The number of likely N-dealkylation sites (tertiary alicyclic amines) is 1. The van der Waals surface area contributed by atoms with Gasteiger partial charge in [-0.05, 0) is 49.9 Å². The minimum absolute atomic E-state index is 0.00789. The third kappa shape index (κ3) is 4.65. The molecule has 2 N–H and O–H groups in total. The molecule has 4 amide bonds. The predicted octanol–water partition coefficient (Wildman–Crippen LogP) is 1.67. The minimum atomic E-state index is -0.763. The first-order valence-corrected chi connectivity index (χ1v) is 10.9. The Hall–Kier alpha value is -3.10. The van der Waals surface area contributed by atoms with Crippen molar-refractivity contribution in [2.24, 2.45) is 11.8 Å². The van der Waals surface area contributed by atoms with Gasteiger partial charge in [0, 0.05) is 56.4 Å². The first-order chi connectivity index (χ1) is 14.9. The van der Waals surface area contributed by atoms with E-state index in [0.29, 0.717) is 38.9 Å². The van der Waals surface area contributed by atoms with Gasteiger partial charge in [0.1, 0.15) is 0 Å². The Morgan fingerprint density at radius 3 is 2.00 bits per heavy atom. The summed E-state index contributed by atoms with van der Waals surface area (Å²) in [4.78, 5) is 52.9. The Morgan fingerprint density at radius 1 is 0.839 bits per heavy atom. The maximum Gasteiger partial charge on any atom is 0.328 e. The summed E-state index contributed by atoms with van der Waals surface area (Å²) in [5.74, 6) is -1.19. The van der Waals surface area contributed by atoms with Crippen molar-refractivity contribution < 1.29 is 24.3 Å². The fourth-order valence-electron chi connectivity index (χ4n) is 4.64. The lowest BCUT2D eigenvalue weighted by Crippen LogP contribution is -2.49. The smallest absolute Gasteiger partial charge is 0.328 e. The monoisotopic (exact) mass is 428 g/mol. The van der Waals surface area contributed by atoms with Crippen LogP contribution < -0.4 is 15.1 Å².